The zero-order valence-electron chi connectivity index (χ0n) is 24.6. The molecule has 5 aromatic rings. The molecule has 1 saturated heterocycles. The second-order valence-corrected chi connectivity index (χ2v) is 11.7. The fraction of sp³-hybridized carbons (Fsp3) is 0.250. The number of benzene rings is 3. The third kappa shape index (κ3) is 6.23. The summed E-state index contributed by atoms with van der Waals surface area (Å²) >= 11 is 6.14. The Morgan fingerprint density at radius 3 is 2.33 bits per heavy atom. The molecule has 0 aliphatic carbocycles. The van der Waals surface area contributed by atoms with Crippen molar-refractivity contribution in [2.75, 3.05) is 43.0 Å². The summed E-state index contributed by atoms with van der Waals surface area (Å²) in [6, 6.07) is 29.6. The lowest BCUT2D eigenvalue weighted by Crippen LogP contribution is -2.44. The lowest BCUT2D eigenvalue weighted by atomic mass is 10.00. The van der Waals surface area contributed by atoms with Crippen LogP contribution in [0.2, 0.25) is 5.02 Å². The Kier molecular flexibility index (Phi) is 8.31. The molecule has 0 N–H and O–H groups in total. The molecule has 0 atom stereocenters. The smallest absolute Gasteiger partial charge is 0.134 e. The zero-order chi connectivity index (χ0) is 29.1. The van der Waals surface area contributed by atoms with E-state index < -0.39 is 0 Å². The standard InChI is InChI=1S/C36H37ClN4O/c1-26-21-32(40-19-17-39(3)18-20-40)14-15-34(26)41(24-30-7-4-5-9-33(30)29-8-6-16-38-23-29)25-36-27(2)22-35(42-36)28-10-12-31(37)13-11-28/h4-16,21-23H,17-20,24-25H2,1-3H3. The topological polar surface area (TPSA) is 35.8 Å². The average molecular weight is 577 g/mol. The summed E-state index contributed by atoms with van der Waals surface area (Å²) in [6.07, 6.45) is 3.76. The van der Waals surface area contributed by atoms with E-state index in [9.17, 15) is 0 Å². The van der Waals surface area contributed by atoms with E-state index >= 15 is 0 Å². The number of piperazine rings is 1. The zero-order valence-corrected chi connectivity index (χ0v) is 25.3. The first-order valence-corrected chi connectivity index (χ1v) is 14.9. The lowest BCUT2D eigenvalue weighted by Gasteiger charge is -2.35. The van der Waals surface area contributed by atoms with E-state index in [2.05, 4.69) is 95.2 Å². The predicted octanol–water partition coefficient (Wildman–Crippen LogP) is 8.24. The molecule has 214 valence electrons. The molecule has 0 unspecified atom stereocenters. The highest BCUT2D eigenvalue weighted by Gasteiger charge is 2.20. The second kappa shape index (κ2) is 12.4. The molecule has 5 nitrogen and oxygen atoms in total. The van der Waals surface area contributed by atoms with Crippen LogP contribution in [0, 0.1) is 13.8 Å². The van der Waals surface area contributed by atoms with Crippen LogP contribution in [0.1, 0.15) is 22.5 Å². The van der Waals surface area contributed by atoms with Crippen molar-refractivity contribution in [3.8, 4) is 22.5 Å². The first-order chi connectivity index (χ1) is 20.4. The third-order valence-electron chi connectivity index (χ3n) is 8.22. The monoisotopic (exact) mass is 576 g/mol. The number of nitrogens with zero attached hydrogens (tertiary/aromatic N) is 4. The maximum atomic E-state index is 6.51. The van der Waals surface area contributed by atoms with Gasteiger partial charge in [-0.3, -0.25) is 4.98 Å². The summed E-state index contributed by atoms with van der Waals surface area (Å²) in [5.41, 5.74) is 9.47. The van der Waals surface area contributed by atoms with Crippen molar-refractivity contribution in [2.45, 2.75) is 26.9 Å². The van der Waals surface area contributed by atoms with E-state index in [1.165, 1.54) is 28.1 Å². The molecule has 1 fully saturated rings. The Hall–Kier alpha value is -4.06. The Morgan fingerprint density at radius 1 is 0.810 bits per heavy atom. The van der Waals surface area contributed by atoms with Gasteiger partial charge >= 0.3 is 0 Å². The Labute approximate surface area is 254 Å². The summed E-state index contributed by atoms with van der Waals surface area (Å²) in [7, 11) is 2.20. The van der Waals surface area contributed by atoms with Gasteiger partial charge in [-0.15, -0.1) is 0 Å². The number of halogens is 1. The highest BCUT2D eigenvalue weighted by molar-refractivity contribution is 6.30. The van der Waals surface area contributed by atoms with Crippen LogP contribution in [0.4, 0.5) is 11.4 Å². The number of rotatable bonds is 8. The van der Waals surface area contributed by atoms with Crippen LogP contribution in [0.25, 0.3) is 22.5 Å². The number of hydrogen-bond acceptors (Lipinski definition) is 5. The molecule has 42 heavy (non-hydrogen) atoms. The number of likely N-dealkylation sites (N-methyl/N-ethyl adjacent to an activating group) is 1. The summed E-state index contributed by atoms with van der Waals surface area (Å²) in [6.45, 7) is 10.0. The van der Waals surface area contributed by atoms with Gasteiger partial charge in [0.1, 0.15) is 11.5 Å². The van der Waals surface area contributed by atoms with E-state index in [0.29, 0.717) is 6.54 Å². The lowest BCUT2D eigenvalue weighted by molar-refractivity contribution is 0.313. The van der Waals surface area contributed by atoms with Crippen molar-refractivity contribution >= 4 is 23.0 Å². The van der Waals surface area contributed by atoms with Crippen molar-refractivity contribution in [3.05, 3.63) is 125 Å². The van der Waals surface area contributed by atoms with Crippen molar-refractivity contribution < 1.29 is 4.42 Å². The normalized spacial score (nSPS) is 13.9. The molecule has 1 aliphatic rings. The SMILES string of the molecule is Cc1cc(N2CCN(C)CC2)ccc1N(Cc1ccccc1-c1cccnc1)Cc1oc(-c2ccc(Cl)cc2)cc1C. The number of anilines is 2. The Morgan fingerprint density at radius 2 is 1.60 bits per heavy atom. The number of aryl methyl sites for hydroxylation is 2. The summed E-state index contributed by atoms with van der Waals surface area (Å²) in [4.78, 5) is 11.7. The van der Waals surface area contributed by atoms with E-state index in [-0.39, 0.29) is 0 Å². The van der Waals surface area contributed by atoms with Crippen LogP contribution >= 0.6 is 11.6 Å². The van der Waals surface area contributed by atoms with E-state index in [0.717, 1.165) is 66.0 Å². The molecule has 0 spiro atoms. The largest absolute Gasteiger partial charge is 0.459 e. The van der Waals surface area contributed by atoms with Gasteiger partial charge in [-0.1, -0.05) is 41.9 Å². The first-order valence-electron chi connectivity index (χ1n) is 14.6. The van der Waals surface area contributed by atoms with Gasteiger partial charge in [-0.05, 0) is 97.7 Å². The minimum atomic E-state index is 0.648. The minimum absolute atomic E-state index is 0.648. The molecule has 0 bridgehead atoms. The van der Waals surface area contributed by atoms with Crippen molar-refractivity contribution in [2.24, 2.45) is 0 Å². The van der Waals surface area contributed by atoms with Crippen LogP contribution in [0.15, 0.2) is 102 Å². The van der Waals surface area contributed by atoms with Gasteiger partial charge in [0.2, 0.25) is 0 Å². The first kappa shape index (κ1) is 28.1. The molecular weight excluding hydrogens is 540 g/mol. The molecule has 3 aromatic carbocycles. The third-order valence-corrected chi connectivity index (χ3v) is 8.48. The summed E-state index contributed by atoms with van der Waals surface area (Å²) < 4.78 is 6.51. The molecule has 0 amide bonds. The van der Waals surface area contributed by atoms with Gasteiger partial charge in [-0.25, -0.2) is 0 Å². The Bertz CT molecular complexity index is 1640. The molecule has 0 saturated carbocycles. The van der Waals surface area contributed by atoms with Crippen LogP contribution in [0.5, 0.6) is 0 Å². The van der Waals surface area contributed by atoms with E-state index in [4.69, 9.17) is 16.0 Å². The van der Waals surface area contributed by atoms with E-state index in [1.807, 2.05) is 42.7 Å². The summed E-state index contributed by atoms with van der Waals surface area (Å²) in [5.74, 6) is 1.82. The summed E-state index contributed by atoms with van der Waals surface area (Å²) in [5, 5.41) is 0.719. The van der Waals surface area contributed by atoms with E-state index in [1.54, 1.807) is 0 Å². The number of aromatic nitrogens is 1. The second-order valence-electron chi connectivity index (χ2n) is 11.2. The van der Waals surface area contributed by atoms with Crippen LogP contribution in [-0.2, 0) is 13.1 Å². The van der Waals surface area contributed by atoms with Crippen LogP contribution in [0.3, 0.4) is 0 Å². The molecule has 6 rings (SSSR count). The van der Waals surface area contributed by atoms with Crippen LogP contribution in [-0.4, -0.2) is 43.1 Å². The van der Waals surface area contributed by atoms with Gasteiger partial charge < -0.3 is 19.1 Å². The fourth-order valence-corrected chi connectivity index (χ4v) is 5.88. The van der Waals surface area contributed by atoms with Crippen molar-refractivity contribution in [1.29, 1.82) is 0 Å². The molecule has 0 radical (unpaired) electrons. The van der Waals surface area contributed by atoms with Gasteiger partial charge in [0.05, 0.1) is 6.54 Å². The number of furan rings is 1. The maximum absolute atomic E-state index is 6.51. The molecule has 1 aliphatic heterocycles. The van der Waals surface area contributed by atoms with Crippen LogP contribution < -0.4 is 9.80 Å². The molecule has 2 aromatic heterocycles. The van der Waals surface area contributed by atoms with Gasteiger partial charge in [0, 0.05) is 72.6 Å². The van der Waals surface area contributed by atoms with Crippen molar-refractivity contribution in [3.63, 3.8) is 0 Å². The molecular formula is C36H37ClN4O. The van der Waals surface area contributed by atoms with Crippen molar-refractivity contribution in [1.82, 2.24) is 9.88 Å². The van der Waals surface area contributed by atoms with Gasteiger partial charge in [0.25, 0.3) is 0 Å². The molecule has 6 heteroatoms. The Balaban J connectivity index is 1.35. The highest BCUT2D eigenvalue weighted by atomic mass is 35.5. The fourth-order valence-electron chi connectivity index (χ4n) is 5.76. The molecule has 3 heterocycles. The average Bonchev–Trinajstić information content (AvgIpc) is 3.38. The number of pyridine rings is 1. The minimum Gasteiger partial charge on any atom is -0.459 e. The predicted molar refractivity (Wildman–Crippen MR) is 174 cm³/mol. The van der Waals surface area contributed by atoms with Gasteiger partial charge in [0.15, 0.2) is 0 Å². The number of hydrogen-bond donors (Lipinski definition) is 0. The maximum Gasteiger partial charge on any atom is 0.134 e. The quantitative estimate of drug-likeness (QED) is 0.186. The highest BCUT2D eigenvalue weighted by Crippen LogP contribution is 2.33. The van der Waals surface area contributed by atoms with Gasteiger partial charge in [-0.2, -0.15) is 0 Å².